The standard InChI is InChI=1S/C38H46N8O5/c1-7-16-38(5,8-2)51-20-17-37(3,4)43-35(48)33-42-24-46(44-33)34-31-30(29(50-6)23-41-34)28(22-40-31)32(47)36(49)45-18-14-26(15-19-45)27(21-39)25-12-10-9-11-13-25/h9-13,22-24,40H,7-8,14-20H2,1-6H3,(H,43,48). The summed E-state index contributed by atoms with van der Waals surface area (Å²) in [6.45, 7) is 11.3. The normalized spacial score (nSPS) is 14.5. The minimum atomic E-state index is -0.702. The Balaban J connectivity index is 1.30. The highest BCUT2D eigenvalue weighted by Crippen LogP contribution is 2.33. The number of nitrogens with one attached hydrogen (secondary N) is 2. The van der Waals surface area contributed by atoms with E-state index in [1.165, 1.54) is 35.4 Å². The molecule has 5 rings (SSSR count). The second-order valence-corrected chi connectivity index (χ2v) is 13.7. The van der Waals surface area contributed by atoms with Gasteiger partial charge in [0.1, 0.15) is 12.1 Å². The van der Waals surface area contributed by atoms with Gasteiger partial charge in [0, 0.05) is 31.4 Å². The first-order valence-corrected chi connectivity index (χ1v) is 17.4. The van der Waals surface area contributed by atoms with E-state index in [2.05, 4.69) is 52.2 Å². The van der Waals surface area contributed by atoms with Crippen LogP contribution in [0.1, 0.15) is 99.7 Å². The highest BCUT2D eigenvalue weighted by atomic mass is 16.5. The number of nitriles is 1. The number of amides is 2. The van der Waals surface area contributed by atoms with Crippen molar-refractivity contribution in [2.75, 3.05) is 26.8 Å². The van der Waals surface area contributed by atoms with Gasteiger partial charge in [-0.1, -0.05) is 50.6 Å². The van der Waals surface area contributed by atoms with Crippen molar-refractivity contribution in [1.82, 2.24) is 34.9 Å². The Labute approximate surface area is 298 Å². The van der Waals surface area contributed by atoms with Gasteiger partial charge >= 0.3 is 0 Å². The molecule has 1 unspecified atom stereocenters. The number of fused-ring (bicyclic) bond motifs is 1. The second-order valence-electron chi connectivity index (χ2n) is 13.7. The van der Waals surface area contributed by atoms with Gasteiger partial charge in [-0.15, -0.1) is 5.10 Å². The molecule has 1 aliphatic rings. The number of hydrogen-bond donors (Lipinski definition) is 2. The fourth-order valence-electron chi connectivity index (χ4n) is 6.38. The monoisotopic (exact) mass is 694 g/mol. The predicted octanol–water partition coefficient (Wildman–Crippen LogP) is 5.82. The van der Waals surface area contributed by atoms with Crippen LogP contribution in [0.15, 0.2) is 54.6 Å². The molecule has 0 spiro atoms. The summed E-state index contributed by atoms with van der Waals surface area (Å²) < 4.78 is 13.1. The number of ketones is 1. The van der Waals surface area contributed by atoms with Crippen LogP contribution in [0.4, 0.5) is 0 Å². The fraction of sp³-hybridized carbons (Fsp3) is 0.447. The van der Waals surface area contributed by atoms with Gasteiger partial charge in [-0.2, -0.15) is 9.94 Å². The van der Waals surface area contributed by atoms with Crippen molar-refractivity contribution in [3.05, 3.63) is 71.6 Å². The number of benzene rings is 1. The number of Topliss-reactive ketones (excluding diaryl/α,β-unsaturated/α-hetero) is 1. The average molecular weight is 695 g/mol. The molecule has 4 aromatic rings. The van der Waals surface area contributed by atoms with Crippen molar-refractivity contribution in [2.24, 2.45) is 0 Å². The van der Waals surface area contributed by atoms with Crippen molar-refractivity contribution in [3.63, 3.8) is 0 Å². The maximum Gasteiger partial charge on any atom is 0.295 e. The molecule has 1 fully saturated rings. The molecule has 0 bridgehead atoms. The number of piperidine rings is 1. The number of carbonyl (C=O) groups excluding carboxylic acids is 3. The number of allylic oxidation sites excluding steroid dienone is 1. The van der Waals surface area contributed by atoms with Crippen LogP contribution >= 0.6 is 0 Å². The third-order valence-corrected chi connectivity index (χ3v) is 9.56. The molecule has 1 atom stereocenters. The van der Waals surface area contributed by atoms with Gasteiger partial charge in [0.2, 0.25) is 5.82 Å². The molecule has 13 nitrogen and oxygen atoms in total. The number of H-pyrrole nitrogens is 1. The molecule has 0 radical (unpaired) electrons. The number of likely N-dealkylation sites (tertiary alicyclic amines) is 1. The van der Waals surface area contributed by atoms with E-state index in [0.717, 1.165) is 30.4 Å². The fourth-order valence-corrected chi connectivity index (χ4v) is 6.38. The number of carbonyl (C=O) groups is 3. The van der Waals surface area contributed by atoms with Gasteiger partial charge < -0.3 is 24.7 Å². The number of hydrogen-bond acceptors (Lipinski definition) is 9. The van der Waals surface area contributed by atoms with Gasteiger partial charge in [-0.05, 0) is 64.0 Å². The predicted molar refractivity (Wildman–Crippen MR) is 192 cm³/mol. The van der Waals surface area contributed by atoms with Crippen molar-refractivity contribution < 1.29 is 23.9 Å². The Hall–Kier alpha value is -5.35. The first kappa shape index (κ1) is 36.9. The zero-order chi connectivity index (χ0) is 36.8. The van der Waals surface area contributed by atoms with Gasteiger partial charge in [-0.25, -0.2) is 9.97 Å². The van der Waals surface area contributed by atoms with Crippen LogP contribution in [0.5, 0.6) is 5.75 Å². The van der Waals surface area contributed by atoms with E-state index in [1.54, 1.807) is 0 Å². The minimum absolute atomic E-state index is 0.0532. The molecule has 13 heteroatoms. The number of nitrogens with zero attached hydrogens (tertiary/aromatic N) is 6. The summed E-state index contributed by atoms with van der Waals surface area (Å²) in [5.74, 6) is -1.30. The number of ether oxygens (including phenoxy) is 2. The molecule has 0 saturated carbocycles. The lowest BCUT2D eigenvalue weighted by Gasteiger charge is -2.31. The smallest absolute Gasteiger partial charge is 0.295 e. The maximum absolute atomic E-state index is 13.7. The Bertz CT molecular complexity index is 1960. The summed E-state index contributed by atoms with van der Waals surface area (Å²) in [5, 5.41) is 17.6. The van der Waals surface area contributed by atoms with Gasteiger partial charge in [0.15, 0.2) is 5.82 Å². The van der Waals surface area contributed by atoms with E-state index < -0.39 is 23.1 Å². The first-order valence-electron chi connectivity index (χ1n) is 17.4. The molecule has 1 aliphatic heterocycles. The SMILES string of the molecule is CCCC(C)(CC)OCCC(C)(C)NC(=O)c1ncn(-c2ncc(OC)c3c(C(=O)C(=O)N4CCC(=C(C#N)c5ccccc5)CC4)c[nH]c23)n1. The van der Waals surface area contributed by atoms with Gasteiger partial charge in [0.25, 0.3) is 17.6 Å². The third kappa shape index (κ3) is 8.18. The van der Waals surface area contributed by atoms with Crippen LogP contribution in [0.2, 0.25) is 0 Å². The second kappa shape index (κ2) is 15.7. The van der Waals surface area contributed by atoms with Gasteiger partial charge in [-0.3, -0.25) is 14.4 Å². The molecular formula is C38H46N8O5. The highest BCUT2D eigenvalue weighted by molar-refractivity contribution is 6.45. The summed E-state index contributed by atoms with van der Waals surface area (Å²) in [6.07, 6.45) is 8.75. The quantitative estimate of drug-likeness (QED) is 0.0939. The lowest BCUT2D eigenvalue weighted by atomic mass is 9.93. The van der Waals surface area contributed by atoms with Crippen LogP contribution in [0.3, 0.4) is 0 Å². The van der Waals surface area contributed by atoms with E-state index >= 15 is 0 Å². The Morgan fingerprint density at radius 1 is 1.06 bits per heavy atom. The molecule has 268 valence electrons. The largest absolute Gasteiger partial charge is 0.494 e. The summed E-state index contributed by atoms with van der Waals surface area (Å²) in [5.41, 5.74) is 2.15. The van der Waals surface area contributed by atoms with Crippen LogP contribution < -0.4 is 10.1 Å². The highest BCUT2D eigenvalue weighted by Gasteiger charge is 2.31. The Morgan fingerprint density at radius 2 is 1.78 bits per heavy atom. The third-order valence-electron chi connectivity index (χ3n) is 9.56. The van der Waals surface area contributed by atoms with E-state index in [0.29, 0.717) is 55.4 Å². The first-order chi connectivity index (χ1) is 24.4. The molecule has 2 N–H and O–H groups in total. The minimum Gasteiger partial charge on any atom is -0.494 e. The Kier molecular flexibility index (Phi) is 11.4. The molecule has 1 saturated heterocycles. The van der Waals surface area contributed by atoms with E-state index in [4.69, 9.17) is 9.47 Å². The molecule has 2 amide bonds. The summed E-state index contributed by atoms with van der Waals surface area (Å²) in [7, 11) is 1.45. The van der Waals surface area contributed by atoms with E-state index in [-0.39, 0.29) is 28.6 Å². The number of methoxy groups -OCH3 is 1. The molecule has 1 aromatic carbocycles. The summed E-state index contributed by atoms with van der Waals surface area (Å²) in [6, 6.07) is 11.8. The molecule has 4 heterocycles. The number of aromatic amines is 1. The van der Waals surface area contributed by atoms with Crippen molar-refractivity contribution in [1.29, 1.82) is 5.26 Å². The summed E-state index contributed by atoms with van der Waals surface area (Å²) in [4.78, 5) is 53.7. The van der Waals surface area contributed by atoms with Gasteiger partial charge in [0.05, 0.1) is 47.0 Å². The lowest BCUT2D eigenvalue weighted by Crippen LogP contribution is -2.45. The van der Waals surface area contributed by atoms with E-state index in [1.807, 2.05) is 44.2 Å². The van der Waals surface area contributed by atoms with Crippen LogP contribution in [0, 0.1) is 11.3 Å². The Morgan fingerprint density at radius 3 is 2.43 bits per heavy atom. The topological polar surface area (TPSA) is 168 Å². The molecule has 51 heavy (non-hydrogen) atoms. The zero-order valence-electron chi connectivity index (χ0n) is 30.2. The van der Waals surface area contributed by atoms with Crippen LogP contribution in [-0.2, 0) is 9.53 Å². The maximum atomic E-state index is 13.7. The number of pyridine rings is 1. The summed E-state index contributed by atoms with van der Waals surface area (Å²) >= 11 is 0. The van der Waals surface area contributed by atoms with Crippen LogP contribution in [0.25, 0.3) is 22.3 Å². The van der Waals surface area contributed by atoms with Crippen LogP contribution in [-0.4, -0.2) is 85.2 Å². The van der Waals surface area contributed by atoms with Crippen molar-refractivity contribution >= 4 is 34.1 Å². The lowest BCUT2D eigenvalue weighted by molar-refractivity contribution is -0.126. The number of aromatic nitrogens is 5. The molecular weight excluding hydrogens is 648 g/mol. The zero-order valence-corrected chi connectivity index (χ0v) is 30.2. The average Bonchev–Trinajstić information content (AvgIpc) is 3.81. The molecule has 3 aromatic heterocycles. The molecule has 0 aliphatic carbocycles. The van der Waals surface area contributed by atoms with Crippen molar-refractivity contribution in [3.8, 4) is 17.6 Å². The van der Waals surface area contributed by atoms with Crippen molar-refractivity contribution in [2.45, 2.75) is 84.3 Å². The number of rotatable bonds is 14. The van der Waals surface area contributed by atoms with E-state index in [9.17, 15) is 19.6 Å².